The molecule has 0 saturated heterocycles. The third-order valence-electron chi connectivity index (χ3n) is 1.90. The molecule has 1 amide bonds. The molecule has 94 valence electrons. The standard InChI is InChI=1S/C10H21N3O3/c1-2-3-6-16-7-4-5-12-10(14)8-9(11)13-15/h15H,2-8H2,1H3,(H2,11,13)(H,12,14). The second-order valence-corrected chi connectivity index (χ2v) is 3.44. The summed E-state index contributed by atoms with van der Waals surface area (Å²) in [5, 5.41) is 13.6. The number of rotatable bonds is 9. The Labute approximate surface area is 95.8 Å². The van der Waals surface area contributed by atoms with Crippen LogP contribution in [0.4, 0.5) is 0 Å². The molecular formula is C10H21N3O3. The number of oxime groups is 1. The number of amidine groups is 1. The SMILES string of the molecule is CCCCOCCCNC(=O)CC(N)=NO. The maximum absolute atomic E-state index is 11.1. The molecule has 0 aliphatic carbocycles. The van der Waals surface area contributed by atoms with Gasteiger partial charge in [0.2, 0.25) is 5.91 Å². The van der Waals surface area contributed by atoms with Gasteiger partial charge < -0.3 is 21.0 Å². The van der Waals surface area contributed by atoms with Gasteiger partial charge in [-0.05, 0) is 12.8 Å². The molecule has 0 radical (unpaired) electrons. The van der Waals surface area contributed by atoms with Gasteiger partial charge in [-0.2, -0.15) is 0 Å². The summed E-state index contributed by atoms with van der Waals surface area (Å²) < 4.78 is 5.32. The lowest BCUT2D eigenvalue weighted by molar-refractivity contribution is -0.119. The maximum Gasteiger partial charge on any atom is 0.227 e. The third-order valence-corrected chi connectivity index (χ3v) is 1.90. The first kappa shape index (κ1) is 14.7. The zero-order valence-corrected chi connectivity index (χ0v) is 9.74. The van der Waals surface area contributed by atoms with Crippen LogP contribution < -0.4 is 11.1 Å². The van der Waals surface area contributed by atoms with Gasteiger partial charge >= 0.3 is 0 Å². The van der Waals surface area contributed by atoms with E-state index in [2.05, 4.69) is 17.4 Å². The van der Waals surface area contributed by atoms with E-state index in [0.717, 1.165) is 25.9 Å². The lowest BCUT2D eigenvalue weighted by Gasteiger charge is -2.05. The van der Waals surface area contributed by atoms with Gasteiger partial charge in [-0.15, -0.1) is 0 Å². The van der Waals surface area contributed by atoms with Crippen LogP contribution >= 0.6 is 0 Å². The fourth-order valence-electron chi connectivity index (χ4n) is 1.01. The molecule has 0 spiro atoms. The molecule has 0 unspecified atom stereocenters. The van der Waals surface area contributed by atoms with Crippen molar-refractivity contribution in [1.82, 2.24) is 5.32 Å². The van der Waals surface area contributed by atoms with Crippen LogP contribution in [-0.4, -0.2) is 36.7 Å². The van der Waals surface area contributed by atoms with Gasteiger partial charge in [-0.1, -0.05) is 18.5 Å². The zero-order chi connectivity index (χ0) is 12.2. The van der Waals surface area contributed by atoms with E-state index in [0.29, 0.717) is 13.2 Å². The maximum atomic E-state index is 11.1. The highest BCUT2D eigenvalue weighted by Gasteiger charge is 2.03. The molecule has 0 aliphatic heterocycles. The summed E-state index contributed by atoms with van der Waals surface area (Å²) in [6, 6.07) is 0. The average molecular weight is 231 g/mol. The Bertz CT molecular complexity index is 219. The molecule has 0 atom stereocenters. The summed E-state index contributed by atoms with van der Waals surface area (Å²) >= 11 is 0. The van der Waals surface area contributed by atoms with Gasteiger partial charge in [-0.3, -0.25) is 4.79 Å². The van der Waals surface area contributed by atoms with Crippen molar-refractivity contribution in [2.24, 2.45) is 10.9 Å². The van der Waals surface area contributed by atoms with Crippen LogP contribution in [0.3, 0.4) is 0 Å². The number of nitrogens with zero attached hydrogens (tertiary/aromatic N) is 1. The normalized spacial score (nSPS) is 11.4. The summed E-state index contributed by atoms with van der Waals surface area (Å²) in [4.78, 5) is 11.1. The molecule has 4 N–H and O–H groups in total. The molecular weight excluding hydrogens is 210 g/mol. The minimum absolute atomic E-state index is 0.0762. The Morgan fingerprint density at radius 2 is 2.12 bits per heavy atom. The summed E-state index contributed by atoms with van der Waals surface area (Å²) in [6.45, 7) is 4.07. The Balaban J connectivity index is 3.28. The molecule has 0 aromatic heterocycles. The summed E-state index contributed by atoms with van der Waals surface area (Å²) in [6.07, 6.45) is 2.88. The molecule has 0 saturated carbocycles. The first-order valence-electron chi connectivity index (χ1n) is 5.51. The minimum Gasteiger partial charge on any atom is -0.409 e. The van der Waals surface area contributed by atoms with Gasteiger partial charge in [-0.25, -0.2) is 0 Å². The van der Waals surface area contributed by atoms with Crippen molar-refractivity contribution in [3.8, 4) is 0 Å². The Morgan fingerprint density at radius 3 is 2.75 bits per heavy atom. The van der Waals surface area contributed by atoms with Crippen LogP contribution in [0.2, 0.25) is 0 Å². The first-order valence-corrected chi connectivity index (χ1v) is 5.51. The minimum atomic E-state index is -0.246. The van der Waals surface area contributed by atoms with E-state index in [1.165, 1.54) is 0 Å². The van der Waals surface area contributed by atoms with E-state index < -0.39 is 0 Å². The molecule has 0 aliphatic rings. The van der Waals surface area contributed by atoms with Gasteiger partial charge in [0.1, 0.15) is 5.84 Å². The zero-order valence-electron chi connectivity index (χ0n) is 9.74. The van der Waals surface area contributed by atoms with Gasteiger partial charge in [0.25, 0.3) is 0 Å². The molecule has 16 heavy (non-hydrogen) atoms. The third kappa shape index (κ3) is 9.26. The summed E-state index contributed by atoms with van der Waals surface area (Å²) in [7, 11) is 0. The van der Waals surface area contributed by atoms with Crippen molar-refractivity contribution >= 4 is 11.7 Å². The fourth-order valence-corrected chi connectivity index (χ4v) is 1.01. The predicted molar refractivity (Wildman–Crippen MR) is 61.4 cm³/mol. The van der Waals surface area contributed by atoms with Crippen molar-refractivity contribution in [1.29, 1.82) is 0 Å². The van der Waals surface area contributed by atoms with E-state index in [1.807, 2.05) is 0 Å². The molecule has 0 aromatic carbocycles. The molecule has 0 aromatic rings. The van der Waals surface area contributed by atoms with E-state index in [4.69, 9.17) is 15.7 Å². The number of nitrogens with two attached hydrogens (primary N) is 1. The number of unbranched alkanes of at least 4 members (excludes halogenated alkanes) is 1. The van der Waals surface area contributed by atoms with Crippen molar-refractivity contribution < 1.29 is 14.7 Å². The smallest absolute Gasteiger partial charge is 0.227 e. The van der Waals surface area contributed by atoms with Crippen LogP contribution in [0, 0.1) is 0 Å². The molecule has 0 bridgehead atoms. The molecule has 6 heteroatoms. The van der Waals surface area contributed by atoms with Gasteiger partial charge in [0.15, 0.2) is 0 Å². The molecule has 6 nitrogen and oxygen atoms in total. The highest BCUT2D eigenvalue weighted by Crippen LogP contribution is 1.89. The number of carbonyl (C=O) groups excluding carboxylic acids is 1. The van der Waals surface area contributed by atoms with Crippen molar-refractivity contribution in [2.45, 2.75) is 32.6 Å². The molecule has 0 fully saturated rings. The fraction of sp³-hybridized carbons (Fsp3) is 0.800. The van der Waals surface area contributed by atoms with Crippen LogP contribution in [0.5, 0.6) is 0 Å². The van der Waals surface area contributed by atoms with Crippen LogP contribution in [0.15, 0.2) is 5.16 Å². The topological polar surface area (TPSA) is 96.9 Å². The summed E-state index contributed by atoms with van der Waals surface area (Å²) in [5.74, 6) is -0.333. The molecule has 0 rings (SSSR count). The number of carbonyl (C=O) groups is 1. The van der Waals surface area contributed by atoms with Crippen LogP contribution in [0.25, 0.3) is 0 Å². The largest absolute Gasteiger partial charge is 0.409 e. The molecule has 0 heterocycles. The van der Waals surface area contributed by atoms with Crippen molar-refractivity contribution in [3.05, 3.63) is 0 Å². The number of nitrogens with one attached hydrogen (secondary N) is 1. The van der Waals surface area contributed by atoms with Crippen LogP contribution in [0.1, 0.15) is 32.6 Å². The predicted octanol–water partition coefficient (Wildman–Crippen LogP) is 0.446. The first-order chi connectivity index (χ1) is 7.70. The second kappa shape index (κ2) is 10.2. The van der Waals surface area contributed by atoms with E-state index in [1.54, 1.807) is 0 Å². The monoisotopic (exact) mass is 231 g/mol. The number of amides is 1. The Hall–Kier alpha value is -1.30. The number of hydrogen-bond donors (Lipinski definition) is 3. The average Bonchev–Trinajstić information content (AvgIpc) is 2.27. The highest BCUT2D eigenvalue weighted by molar-refractivity contribution is 5.98. The second-order valence-electron chi connectivity index (χ2n) is 3.44. The van der Waals surface area contributed by atoms with Crippen molar-refractivity contribution in [2.75, 3.05) is 19.8 Å². The van der Waals surface area contributed by atoms with Gasteiger partial charge in [0, 0.05) is 19.8 Å². The highest BCUT2D eigenvalue weighted by atomic mass is 16.5. The summed E-state index contributed by atoms with van der Waals surface area (Å²) in [5.41, 5.74) is 5.17. The lowest BCUT2D eigenvalue weighted by Crippen LogP contribution is -2.29. The Kier molecular flexibility index (Phi) is 9.39. The van der Waals surface area contributed by atoms with Crippen molar-refractivity contribution in [3.63, 3.8) is 0 Å². The number of ether oxygens (including phenoxy) is 1. The van der Waals surface area contributed by atoms with Gasteiger partial charge in [0.05, 0.1) is 6.42 Å². The number of hydrogen-bond acceptors (Lipinski definition) is 4. The van der Waals surface area contributed by atoms with E-state index in [-0.39, 0.29) is 18.2 Å². The Morgan fingerprint density at radius 1 is 1.44 bits per heavy atom. The van der Waals surface area contributed by atoms with Crippen LogP contribution in [-0.2, 0) is 9.53 Å². The lowest BCUT2D eigenvalue weighted by atomic mass is 10.3. The quantitative estimate of drug-likeness (QED) is 0.176. The van der Waals surface area contributed by atoms with E-state index >= 15 is 0 Å². The van der Waals surface area contributed by atoms with E-state index in [9.17, 15) is 4.79 Å².